The Morgan fingerprint density at radius 3 is 2.83 bits per heavy atom. The van der Waals surface area contributed by atoms with Gasteiger partial charge < -0.3 is 5.73 Å². The predicted molar refractivity (Wildman–Crippen MR) is 85.9 cm³/mol. The van der Waals surface area contributed by atoms with Crippen molar-refractivity contribution < 1.29 is 4.63 Å². The molecule has 4 aromatic rings. The highest BCUT2D eigenvalue weighted by atomic mass is 16.6. The first-order valence-corrected chi connectivity index (χ1v) is 7.28. The molecule has 3 aromatic heterocycles. The van der Waals surface area contributed by atoms with Gasteiger partial charge >= 0.3 is 0 Å². The highest BCUT2D eigenvalue weighted by Gasteiger charge is 2.21. The van der Waals surface area contributed by atoms with Crippen LogP contribution in [0.15, 0.2) is 47.4 Å². The van der Waals surface area contributed by atoms with Crippen molar-refractivity contribution in [2.24, 2.45) is 0 Å². The van der Waals surface area contributed by atoms with E-state index in [0.717, 1.165) is 23.1 Å². The minimum absolute atomic E-state index is 0.212. The lowest BCUT2D eigenvalue weighted by Crippen LogP contribution is -2.03. The van der Waals surface area contributed by atoms with Gasteiger partial charge in [0, 0.05) is 6.20 Å². The first-order chi connectivity index (χ1) is 11.3. The Hall–Kier alpha value is -3.22. The lowest BCUT2D eigenvalue weighted by molar-refractivity contribution is 0.310. The van der Waals surface area contributed by atoms with Gasteiger partial charge in [0.15, 0.2) is 17.3 Å². The van der Waals surface area contributed by atoms with Crippen LogP contribution in [0.4, 0.5) is 5.82 Å². The molecule has 0 aliphatic carbocycles. The van der Waals surface area contributed by atoms with Crippen molar-refractivity contribution in [1.29, 1.82) is 0 Å². The molecule has 7 nitrogen and oxygen atoms in total. The van der Waals surface area contributed by atoms with Crippen molar-refractivity contribution >= 4 is 16.9 Å². The van der Waals surface area contributed by atoms with Crippen LogP contribution < -0.4 is 5.73 Å². The molecule has 7 heteroatoms. The first-order valence-electron chi connectivity index (χ1n) is 7.28. The van der Waals surface area contributed by atoms with Gasteiger partial charge in [-0.25, -0.2) is 9.61 Å². The summed E-state index contributed by atoms with van der Waals surface area (Å²) < 4.78 is 6.77. The van der Waals surface area contributed by atoms with Crippen molar-refractivity contribution in [3.8, 4) is 17.2 Å². The van der Waals surface area contributed by atoms with Crippen molar-refractivity contribution in [2.75, 3.05) is 5.73 Å². The third-order valence-corrected chi connectivity index (χ3v) is 3.80. The third kappa shape index (κ3) is 2.05. The Morgan fingerprint density at radius 1 is 1.17 bits per heavy atom. The smallest absolute Gasteiger partial charge is 0.199 e. The number of benzene rings is 1. The number of nitrogen functional groups attached to an aromatic ring is 1. The van der Waals surface area contributed by atoms with E-state index in [0.29, 0.717) is 11.5 Å². The average Bonchev–Trinajstić information content (AvgIpc) is 3.17. The molecule has 0 radical (unpaired) electrons. The minimum atomic E-state index is 0.212. The maximum Gasteiger partial charge on any atom is 0.199 e. The molecule has 1 aromatic carbocycles. The summed E-state index contributed by atoms with van der Waals surface area (Å²) in [4.78, 5) is 8.77. The fourth-order valence-electron chi connectivity index (χ4n) is 2.71. The van der Waals surface area contributed by atoms with Crippen LogP contribution in [0, 0.1) is 0 Å². The van der Waals surface area contributed by atoms with Crippen molar-refractivity contribution in [3.05, 3.63) is 48.3 Å². The molecule has 0 bridgehead atoms. The van der Waals surface area contributed by atoms with E-state index in [1.165, 1.54) is 5.56 Å². The number of fused-ring (bicyclic) bond motifs is 1. The van der Waals surface area contributed by atoms with Gasteiger partial charge in [0.1, 0.15) is 5.52 Å². The number of pyridine rings is 1. The Kier molecular flexibility index (Phi) is 3.04. The van der Waals surface area contributed by atoms with E-state index in [-0.39, 0.29) is 5.82 Å². The normalized spacial score (nSPS) is 11.2. The van der Waals surface area contributed by atoms with Gasteiger partial charge in [0.05, 0.1) is 17.4 Å². The lowest BCUT2D eigenvalue weighted by atomic mass is 10.1. The van der Waals surface area contributed by atoms with Gasteiger partial charge in [-0.3, -0.25) is 9.55 Å². The number of rotatable bonds is 3. The number of nitrogens with two attached hydrogens (primary N) is 1. The number of hydrogen-bond donors (Lipinski definition) is 1. The van der Waals surface area contributed by atoms with Crippen LogP contribution in [0.3, 0.4) is 0 Å². The summed E-state index contributed by atoms with van der Waals surface area (Å²) in [6, 6.07) is 10.1. The second kappa shape index (κ2) is 5.20. The van der Waals surface area contributed by atoms with Crippen LogP contribution in [0.2, 0.25) is 0 Å². The molecule has 4 rings (SSSR count). The number of hydrogen-bond acceptors (Lipinski definition) is 6. The van der Waals surface area contributed by atoms with Gasteiger partial charge in [-0.15, -0.1) is 0 Å². The summed E-state index contributed by atoms with van der Waals surface area (Å²) in [7, 11) is 0. The van der Waals surface area contributed by atoms with E-state index in [4.69, 9.17) is 10.4 Å². The zero-order valence-electron chi connectivity index (χ0n) is 12.5. The van der Waals surface area contributed by atoms with E-state index in [9.17, 15) is 0 Å². The molecule has 0 aliphatic heterocycles. The number of para-hydroxylation sites is 1. The Labute approximate surface area is 131 Å². The lowest BCUT2D eigenvalue weighted by Gasteiger charge is -2.12. The molecule has 3 heterocycles. The third-order valence-electron chi connectivity index (χ3n) is 3.80. The summed E-state index contributed by atoms with van der Waals surface area (Å²) in [6.07, 6.45) is 4.35. The van der Waals surface area contributed by atoms with Crippen LogP contribution in [-0.4, -0.2) is 24.8 Å². The van der Waals surface area contributed by atoms with E-state index < -0.39 is 0 Å². The molecule has 0 fully saturated rings. The second-order valence-electron chi connectivity index (χ2n) is 5.12. The second-order valence-corrected chi connectivity index (χ2v) is 5.12. The molecule has 2 N–H and O–H groups in total. The number of imidazole rings is 1. The van der Waals surface area contributed by atoms with Gasteiger partial charge in [0.2, 0.25) is 0 Å². The summed E-state index contributed by atoms with van der Waals surface area (Å²) >= 11 is 0. The largest absolute Gasteiger partial charge is 0.379 e. The molecular formula is C16H14N6O. The van der Waals surface area contributed by atoms with E-state index in [1.807, 2.05) is 28.8 Å². The summed E-state index contributed by atoms with van der Waals surface area (Å²) in [5.74, 6) is 0.802. The number of aryl methyl sites for hydroxylation is 1. The maximum atomic E-state index is 5.88. The summed E-state index contributed by atoms with van der Waals surface area (Å²) in [5.41, 5.74) is 10.2. The Morgan fingerprint density at radius 2 is 2.04 bits per heavy atom. The van der Waals surface area contributed by atoms with E-state index in [1.54, 1.807) is 12.4 Å². The first kappa shape index (κ1) is 13.4. The molecule has 0 amide bonds. The summed E-state index contributed by atoms with van der Waals surface area (Å²) in [5, 5.41) is 7.57. The number of aromatic nitrogens is 5. The van der Waals surface area contributed by atoms with Crippen LogP contribution in [0.1, 0.15) is 12.5 Å². The molecule has 0 atom stereocenters. The van der Waals surface area contributed by atoms with Gasteiger partial charge in [0.25, 0.3) is 0 Å². The number of nitrogens with zero attached hydrogens (tertiary/aromatic N) is 5. The standard InChI is InChI=1S/C16H14N6O/c1-2-10-5-3-4-6-12(10)22-13-7-8-18-9-11(13)19-16(22)14-15(17)21-23-20-14/h3-9H,2H2,1H3,(H2,17,21). The van der Waals surface area contributed by atoms with Crippen LogP contribution in [0.5, 0.6) is 0 Å². The Balaban J connectivity index is 2.10. The predicted octanol–water partition coefficient (Wildman–Crippen LogP) is 2.62. The van der Waals surface area contributed by atoms with Crippen molar-refractivity contribution in [3.63, 3.8) is 0 Å². The zero-order chi connectivity index (χ0) is 15.8. The van der Waals surface area contributed by atoms with Crippen LogP contribution in [-0.2, 0) is 6.42 Å². The van der Waals surface area contributed by atoms with Gasteiger partial charge in [-0.1, -0.05) is 25.1 Å². The minimum Gasteiger partial charge on any atom is -0.379 e. The molecule has 0 unspecified atom stereocenters. The SMILES string of the molecule is CCc1ccccc1-n1c(-c2nonc2N)nc2cnccc21. The fourth-order valence-corrected chi connectivity index (χ4v) is 2.71. The molecular weight excluding hydrogens is 292 g/mol. The highest BCUT2D eigenvalue weighted by Crippen LogP contribution is 2.30. The monoisotopic (exact) mass is 306 g/mol. The molecule has 114 valence electrons. The average molecular weight is 306 g/mol. The quantitative estimate of drug-likeness (QED) is 0.625. The molecule has 0 saturated heterocycles. The number of anilines is 1. The molecule has 0 spiro atoms. The van der Waals surface area contributed by atoms with Crippen molar-refractivity contribution in [1.82, 2.24) is 24.8 Å². The fraction of sp³-hybridized carbons (Fsp3) is 0.125. The Bertz CT molecular complexity index is 987. The molecule has 0 aliphatic rings. The zero-order valence-corrected chi connectivity index (χ0v) is 12.5. The topological polar surface area (TPSA) is 95.7 Å². The highest BCUT2D eigenvalue weighted by molar-refractivity contribution is 5.83. The summed E-state index contributed by atoms with van der Waals surface area (Å²) in [6.45, 7) is 2.12. The molecule has 23 heavy (non-hydrogen) atoms. The van der Waals surface area contributed by atoms with E-state index >= 15 is 0 Å². The van der Waals surface area contributed by atoms with Gasteiger partial charge in [-0.2, -0.15) is 0 Å². The van der Waals surface area contributed by atoms with Crippen LogP contribution >= 0.6 is 0 Å². The van der Waals surface area contributed by atoms with Gasteiger partial charge in [-0.05, 0) is 34.4 Å². The van der Waals surface area contributed by atoms with Crippen LogP contribution in [0.25, 0.3) is 28.2 Å². The van der Waals surface area contributed by atoms with E-state index in [2.05, 4.69) is 33.3 Å². The maximum absolute atomic E-state index is 5.88. The molecule has 0 saturated carbocycles. The van der Waals surface area contributed by atoms with Crippen molar-refractivity contribution in [2.45, 2.75) is 13.3 Å².